The van der Waals surface area contributed by atoms with Gasteiger partial charge in [0.25, 0.3) is 0 Å². The van der Waals surface area contributed by atoms with Gasteiger partial charge in [0.15, 0.2) is 0 Å². The minimum absolute atomic E-state index is 0.00232. The molecule has 2 fully saturated rings. The van der Waals surface area contributed by atoms with Crippen LogP contribution in [0.1, 0.15) is 43.7 Å². The maximum absolute atomic E-state index is 13.1. The van der Waals surface area contributed by atoms with Crippen LogP contribution in [0.25, 0.3) is 0 Å². The van der Waals surface area contributed by atoms with Crippen LogP contribution in [-0.4, -0.2) is 25.6 Å². The molecule has 1 unspecified atom stereocenters. The van der Waals surface area contributed by atoms with E-state index in [-0.39, 0.29) is 17.4 Å². The van der Waals surface area contributed by atoms with Crippen molar-refractivity contribution in [2.24, 2.45) is 11.3 Å². The largest absolute Gasteiger partial charge is 0.492 e. The minimum Gasteiger partial charge on any atom is -0.492 e. The zero-order valence-corrected chi connectivity index (χ0v) is 14.0. The SMILES string of the molecule is O=C(NC1CCOc2c(Cl)cccc21)[C@@]12CCCC[C@H]1CNC2. The third kappa shape index (κ3) is 2.52. The van der Waals surface area contributed by atoms with E-state index in [1.807, 2.05) is 18.2 Å². The van der Waals surface area contributed by atoms with Crippen LogP contribution in [0, 0.1) is 11.3 Å². The lowest BCUT2D eigenvalue weighted by atomic mass is 9.67. The van der Waals surface area contributed by atoms with E-state index >= 15 is 0 Å². The first kappa shape index (κ1) is 15.3. The zero-order valence-electron chi connectivity index (χ0n) is 13.2. The molecule has 1 aromatic rings. The maximum Gasteiger partial charge on any atom is 0.228 e. The van der Waals surface area contributed by atoms with Gasteiger partial charge in [0.05, 0.1) is 23.1 Å². The summed E-state index contributed by atoms with van der Waals surface area (Å²) >= 11 is 6.23. The quantitative estimate of drug-likeness (QED) is 0.874. The minimum atomic E-state index is -0.213. The second-order valence-corrected chi connectivity index (χ2v) is 7.46. The van der Waals surface area contributed by atoms with Gasteiger partial charge >= 0.3 is 0 Å². The molecule has 0 aromatic heterocycles. The van der Waals surface area contributed by atoms with Gasteiger partial charge in [-0.1, -0.05) is 36.6 Å². The normalized spacial score (nSPS) is 32.6. The summed E-state index contributed by atoms with van der Waals surface area (Å²) in [6.07, 6.45) is 5.37. The molecule has 1 aromatic carbocycles. The number of nitrogens with one attached hydrogen (secondary N) is 2. The van der Waals surface area contributed by atoms with Crippen molar-refractivity contribution < 1.29 is 9.53 Å². The first-order valence-electron chi connectivity index (χ1n) is 8.63. The third-order valence-corrected chi connectivity index (χ3v) is 6.12. The Morgan fingerprint density at radius 3 is 3.17 bits per heavy atom. The highest BCUT2D eigenvalue weighted by molar-refractivity contribution is 6.32. The van der Waals surface area contributed by atoms with E-state index in [0.717, 1.165) is 50.1 Å². The van der Waals surface area contributed by atoms with Gasteiger partial charge in [-0.3, -0.25) is 4.79 Å². The van der Waals surface area contributed by atoms with Crippen LogP contribution >= 0.6 is 11.6 Å². The highest BCUT2D eigenvalue weighted by atomic mass is 35.5. The standard InChI is InChI=1S/C18H23ClN2O2/c19-14-6-3-5-13-15(7-9-23-16(13)14)21-17(22)18-8-2-1-4-12(18)10-20-11-18/h3,5-6,12,15,20H,1-2,4,7-11H2,(H,21,22)/t12-,15?,18+/m0/s1. The van der Waals surface area contributed by atoms with E-state index in [1.165, 1.54) is 6.42 Å². The average Bonchev–Trinajstić information content (AvgIpc) is 3.01. The Bertz CT molecular complexity index is 621. The Balaban J connectivity index is 1.57. The second-order valence-electron chi connectivity index (χ2n) is 7.05. The second kappa shape index (κ2) is 5.99. The molecular weight excluding hydrogens is 312 g/mol. The number of fused-ring (bicyclic) bond motifs is 2. The molecule has 0 spiro atoms. The van der Waals surface area contributed by atoms with E-state index in [0.29, 0.717) is 17.5 Å². The van der Waals surface area contributed by atoms with Gasteiger partial charge in [-0.25, -0.2) is 0 Å². The Hall–Kier alpha value is -1.26. The molecule has 1 amide bonds. The fraction of sp³-hybridized carbons (Fsp3) is 0.611. The maximum atomic E-state index is 13.1. The Kier molecular flexibility index (Phi) is 3.98. The van der Waals surface area contributed by atoms with Gasteiger partial charge in [-0.05, 0) is 31.4 Å². The van der Waals surface area contributed by atoms with E-state index in [2.05, 4.69) is 10.6 Å². The van der Waals surface area contributed by atoms with Crippen LogP contribution < -0.4 is 15.4 Å². The first-order chi connectivity index (χ1) is 11.2. The fourth-order valence-corrected chi connectivity index (χ4v) is 4.77. The zero-order chi connectivity index (χ0) is 15.9. The van der Waals surface area contributed by atoms with E-state index in [4.69, 9.17) is 16.3 Å². The van der Waals surface area contributed by atoms with Crippen LogP contribution in [0.5, 0.6) is 5.75 Å². The molecule has 4 rings (SSSR count). The number of carbonyl (C=O) groups excluding carboxylic acids is 1. The topological polar surface area (TPSA) is 50.4 Å². The summed E-state index contributed by atoms with van der Waals surface area (Å²) in [6, 6.07) is 5.77. The lowest BCUT2D eigenvalue weighted by molar-refractivity contribution is -0.135. The smallest absolute Gasteiger partial charge is 0.228 e. The predicted octanol–water partition coefficient (Wildman–Crippen LogP) is 3.06. The molecule has 1 saturated carbocycles. The number of carbonyl (C=O) groups is 1. The molecule has 1 saturated heterocycles. The molecule has 1 aliphatic carbocycles. The van der Waals surface area contributed by atoms with Crippen molar-refractivity contribution in [3.8, 4) is 5.75 Å². The van der Waals surface area contributed by atoms with Crippen molar-refractivity contribution in [1.82, 2.24) is 10.6 Å². The Labute approximate surface area is 141 Å². The van der Waals surface area contributed by atoms with Crippen molar-refractivity contribution in [3.63, 3.8) is 0 Å². The highest BCUT2D eigenvalue weighted by Gasteiger charge is 2.50. The molecule has 5 heteroatoms. The number of benzene rings is 1. The van der Waals surface area contributed by atoms with Gasteiger partial charge in [-0.15, -0.1) is 0 Å². The number of hydrogen-bond donors (Lipinski definition) is 2. The summed E-state index contributed by atoms with van der Waals surface area (Å²) < 4.78 is 5.70. The predicted molar refractivity (Wildman–Crippen MR) is 89.7 cm³/mol. The van der Waals surface area contributed by atoms with E-state index < -0.39 is 0 Å². The molecule has 2 N–H and O–H groups in total. The van der Waals surface area contributed by atoms with Crippen molar-refractivity contribution in [1.29, 1.82) is 0 Å². The van der Waals surface area contributed by atoms with Crippen molar-refractivity contribution in [2.75, 3.05) is 19.7 Å². The van der Waals surface area contributed by atoms with Gasteiger partial charge in [0.2, 0.25) is 5.91 Å². The third-order valence-electron chi connectivity index (χ3n) is 5.82. The first-order valence-corrected chi connectivity index (χ1v) is 9.01. The summed E-state index contributed by atoms with van der Waals surface area (Å²) in [5.74, 6) is 1.42. The number of amides is 1. The highest BCUT2D eigenvalue weighted by Crippen LogP contribution is 2.45. The number of ether oxygens (including phenoxy) is 1. The molecule has 0 bridgehead atoms. The summed E-state index contributed by atoms with van der Waals surface area (Å²) in [6.45, 7) is 2.38. The van der Waals surface area contributed by atoms with Crippen LogP contribution in [0.2, 0.25) is 5.02 Å². The van der Waals surface area contributed by atoms with E-state index in [1.54, 1.807) is 0 Å². The number of rotatable bonds is 2. The average molecular weight is 335 g/mol. The summed E-state index contributed by atoms with van der Waals surface area (Å²) in [4.78, 5) is 13.1. The molecular formula is C18H23ClN2O2. The van der Waals surface area contributed by atoms with Crippen molar-refractivity contribution in [3.05, 3.63) is 28.8 Å². The molecule has 0 radical (unpaired) electrons. The molecule has 3 atom stereocenters. The van der Waals surface area contributed by atoms with Crippen LogP contribution in [-0.2, 0) is 4.79 Å². The summed E-state index contributed by atoms with van der Waals surface area (Å²) in [7, 11) is 0. The Morgan fingerprint density at radius 1 is 1.35 bits per heavy atom. The summed E-state index contributed by atoms with van der Waals surface area (Å²) in [5.41, 5.74) is 0.793. The van der Waals surface area contributed by atoms with Crippen LogP contribution in [0.15, 0.2) is 18.2 Å². The number of hydrogen-bond acceptors (Lipinski definition) is 3. The molecule has 4 nitrogen and oxygen atoms in total. The number of para-hydroxylation sites is 1. The van der Waals surface area contributed by atoms with E-state index in [9.17, 15) is 4.79 Å². The molecule has 124 valence electrons. The molecule has 3 aliphatic rings. The van der Waals surface area contributed by atoms with Crippen LogP contribution in [0.3, 0.4) is 0 Å². The van der Waals surface area contributed by atoms with Crippen molar-refractivity contribution >= 4 is 17.5 Å². The van der Waals surface area contributed by atoms with Gasteiger partial charge in [0.1, 0.15) is 5.75 Å². The molecule has 23 heavy (non-hydrogen) atoms. The fourth-order valence-electron chi connectivity index (χ4n) is 4.53. The van der Waals surface area contributed by atoms with Gasteiger partial charge in [0, 0.05) is 18.5 Å². The van der Waals surface area contributed by atoms with Crippen LogP contribution in [0.4, 0.5) is 0 Å². The van der Waals surface area contributed by atoms with Gasteiger partial charge in [-0.2, -0.15) is 0 Å². The van der Waals surface area contributed by atoms with Crippen molar-refractivity contribution in [2.45, 2.75) is 38.1 Å². The number of halogens is 1. The Morgan fingerprint density at radius 2 is 2.26 bits per heavy atom. The summed E-state index contributed by atoms with van der Waals surface area (Å²) in [5, 5.41) is 7.38. The lowest BCUT2D eigenvalue weighted by Crippen LogP contribution is -2.49. The molecule has 2 aliphatic heterocycles. The molecule has 2 heterocycles. The monoisotopic (exact) mass is 334 g/mol. The lowest BCUT2D eigenvalue weighted by Gasteiger charge is -2.39. The van der Waals surface area contributed by atoms with Gasteiger partial charge < -0.3 is 15.4 Å².